The summed E-state index contributed by atoms with van der Waals surface area (Å²) in [5, 5.41) is 0. The van der Waals surface area contributed by atoms with Gasteiger partial charge in [-0.15, -0.1) is 0 Å². The van der Waals surface area contributed by atoms with Crippen molar-refractivity contribution in [2.45, 2.75) is 61.7 Å². The van der Waals surface area contributed by atoms with Crippen LogP contribution in [0.1, 0.15) is 51.4 Å². The van der Waals surface area contributed by atoms with Crippen LogP contribution in [-0.4, -0.2) is 25.0 Å². The lowest BCUT2D eigenvalue weighted by molar-refractivity contribution is 0.270. The SMILES string of the molecule is CS(=O)(=O)C1(CC2(N)CCCCC2)CC1. The molecule has 0 unspecified atom stereocenters. The standard InChI is InChI=1S/C11H21NO2S/c1-15(13,14)11(7-8-11)9-10(12)5-3-2-4-6-10/h2-9,12H2,1H3. The monoisotopic (exact) mass is 231 g/mol. The zero-order valence-electron chi connectivity index (χ0n) is 9.46. The Kier molecular flexibility index (Phi) is 2.62. The van der Waals surface area contributed by atoms with E-state index in [1.165, 1.54) is 12.7 Å². The maximum absolute atomic E-state index is 11.7. The van der Waals surface area contributed by atoms with E-state index in [2.05, 4.69) is 0 Å². The Morgan fingerprint density at radius 2 is 1.60 bits per heavy atom. The van der Waals surface area contributed by atoms with Gasteiger partial charge in [0.2, 0.25) is 0 Å². The van der Waals surface area contributed by atoms with Crippen LogP contribution in [0, 0.1) is 0 Å². The molecule has 3 nitrogen and oxygen atoms in total. The van der Waals surface area contributed by atoms with Gasteiger partial charge in [-0.1, -0.05) is 19.3 Å². The van der Waals surface area contributed by atoms with Crippen LogP contribution in [0.2, 0.25) is 0 Å². The largest absolute Gasteiger partial charge is 0.325 e. The van der Waals surface area contributed by atoms with Crippen molar-refractivity contribution in [1.29, 1.82) is 0 Å². The lowest BCUT2D eigenvalue weighted by atomic mass is 9.79. The average Bonchev–Trinajstić information content (AvgIpc) is 2.84. The highest BCUT2D eigenvalue weighted by Gasteiger charge is 2.55. The van der Waals surface area contributed by atoms with E-state index in [9.17, 15) is 8.42 Å². The molecular formula is C11H21NO2S. The van der Waals surface area contributed by atoms with E-state index in [0.29, 0.717) is 6.42 Å². The van der Waals surface area contributed by atoms with Gasteiger partial charge < -0.3 is 5.73 Å². The van der Waals surface area contributed by atoms with Gasteiger partial charge in [0.15, 0.2) is 9.84 Å². The molecule has 2 fully saturated rings. The Bertz CT molecular complexity index is 338. The van der Waals surface area contributed by atoms with Crippen molar-refractivity contribution in [3.8, 4) is 0 Å². The minimum atomic E-state index is -2.91. The molecule has 0 amide bonds. The fraction of sp³-hybridized carbons (Fsp3) is 1.00. The molecule has 4 heteroatoms. The van der Waals surface area contributed by atoms with Gasteiger partial charge in [-0.2, -0.15) is 0 Å². The summed E-state index contributed by atoms with van der Waals surface area (Å²) in [7, 11) is -2.91. The Morgan fingerprint density at radius 3 is 2.00 bits per heavy atom. The minimum Gasteiger partial charge on any atom is -0.325 e. The minimum absolute atomic E-state index is 0.197. The number of hydrogen-bond acceptors (Lipinski definition) is 3. The van der Waals surface area contributed by atoms with Crippen LogP contribution in [0.15, 0.2) is 0 Å². The summed E-state index contributed by atoms with van der Waals surface area (Å²) in [5.74, 6) is 0. The third kappa shape index (κ3) is 2.21. The number of sulfone groups is 1. The molecule has 2 aliphatic carbocycles. The predicted molar refractivity (Wildman–Crippen MR) is 61.4 cm³/mol. The van der Waals surface area contributed by atoms with Crippen molar-refractivity contribution < 1.29 is 8.42 Å². The Labute approximate surface area is 92.3 Å². The van der Waals surface area contributed by atoms with Gasteiger partial charge >= 0.3 is 0 Å². The molecule has 0 bridgehead atoms. The third-order valence-corrected chi connectivity index (χ3v) is 6.24. The zero-order valence-corrected chi connectivity index (χ0v) is 10.3. The van der Waals surface area contributed by atoms with Crippen molar-refractivity contribution in [3.05, 3.63) is 0 Å². The van der Waals surface area contributed by atoms with E-state index in [4.69, 9.17) is 5.73 Å². The van der Waals surface area contributed by atoms with Crippen LogP contribution in [0.3, 0.4) is 0 Å². The second kappa shape index (κ2) is 3.45. The highest BCUT2D eigenvalue weighted by Crippen LogP contribution is 2.50. The number of hydrogen-bond donors (Lipinski definition) is 1. The molecule has 2 aliphatic rings. The molecule has 0 atom stereocenters. The Balaban J connectivity index is 2.08. The van der Waals surface area contributed by atoms with E-state index in [-0.39, 0.29) is 5.54 Å². The summed E-state index contributed by atoms with van der Waals surface area (Å²) in [4.78, 5) is 0. The maximum Gasteiger partial charge on any atom is 0.153 e. The molecule has 15 heavy (non-hydrogen) atoms. The molecule has 0 radical (unpaired) electrons. The molecule has 0 aromatic rings. The van der Waals surface area contributed by atoms with Crippen LogP contribution < -0.4 is 5.73 Å². The van der Waals surface area contributed by atoms with E-state index in [1.807, 2.05) is 0 Å². The Hall–Kier alpha value is -0.0900. The molecule has 0 aromatic heterocycles. The zero-order chi connectivity index (χ0) is 11.2. The summed E-state index contributed by atoms with van der Waals surface area (Å²) < 4.78 is 22.9. The maximum atomic E-state index is 11.7. The number of nitrogens with two attached hydrogens (primary N) is 1. The van der Waals surface area contributed by atoms with Gasteiger partial charge in [-0.25, -0.2) is 8.42 Å². The molecule has 0 spiro atoms. The Morgan fingerprint density at radius 1 is 1.07 bits per heavy atom. The normalized spacial score (nSPS) is 28.7. The molecule has 2 saturated carbocycles. The molecule has 0 saturated heterocycles. The van der Waals surface area contributed by atoms with Gasteiger partial charge in [0, 0.05) is 11.8 Å². The van der Waals surface area contributed by atoms with Gasteiger partial charge in [0.1, 0.15) is 0 Å². The highest BCUT2D eigenvalue weighted by molar-refractivity contribution is 7.92. The second-order valence-electron chi connectivity index (χ2n) is 5.55. The molecule has 2 N–H and O–H groups in total. The lowest BCUT2D eigenvalue weighted by Gasteiger charge is -2.36. The fourth-order valence-corrected chi connectivity index (χ4v) is 4.29. The first-order valence-corrected chi connectivity index (χ1v) is 7.75. The second-order valence-corrected chi connectivity index (χ2v) is 7.97. The quantitative estimate of drug-likeness (QED) is 0.803. The summed E-state index contributed by atoms with van der Waals surface area (Å²) >= 11 is 0. The van der Waals surface area contributed by atoms with E-state index in [1.54, 1.807) is 0 Å². The molecule has 0 aliphatic heterocycles. The first kappa shape index (κ1) is 11.4. The van der Waals surface area contributed by atoms with Crippen molar-refractivity contribution in [3.63, 3.8) is 0 Å². The summed E-state index contributed by atoms with van der Waals surface area (Å²) in [5.41, 5.74) is 6.12. The van der Waals surface area contributed by atoms with Crippen LogP contribution in [0.25, 0.3) is 0 Å². The van der Waals surface area contributed by atoms with Crippen LogP contribution in [-0.2, 0) is 9.84 Å². The molecule has 0 heterocycles. The molecule has 88 valence electrons. The van der Waals surface area contributed by atoms with Gasteiger partial charge in [-0.3, -0.25) is 0 Å². The van der Waals surface area contributed by atoms with Gasteiger partial charge in [-0.05, 0) is 32.1 Å². The fourth-order valence-electron chi connectivity index (χ4n) is 2.89. The van der Waals surface area contributed by atoms with E-state index >= 15 is 0 Å². The van der Waals surface area contributed by atoms with Crippen LogP contribution >= 0.6 is 0 Å². The topological polar surface area (TPSA) is 60.2 Å². The first-order valence-electron chi connectivity index (χ1n) is 5.86. The van der Waals surface area contributed by atoms with E-state index in [0.717, 1.165) is 38.5 Å². The van der Waals surface area contributed by atoms with Crippen molar-refractivity contribution in [2.24, 2.45) is 5.73 Å². The van der Waals surface area contributed by atoms with Crippen molar-refractivity contribution >= 4 is 9.84 Å². The molecule has 2 rings (SSSR count). The average molecular weight is 231 g/mol. The lowest BCUT2D eigenvalue weighted by Crippen LogP contribution is -2.46. The van der Waals surface area contributed by atoms with E-state index < -0.39 is 14.6 Å². The van der Waals surface area contributed by atoms with Crippen LogP contribution in [0.5, 0.6) is 0 Å². The first-order chi connectivity index (χ1) is 6.87. The predicted octanol–water partition coefficient (Wildman–Crippen LogP) is 1.62. The summed E-state index contributed by atoms with van der Waals surface area (Å²) in [6, 6.07) is 0. The molecule has 0 aromatic carbocycles. The summed E-state index contributed by atoms with van der Waals surface area (Å²) in [6.07, 6.45) is 9.30. The smallest absolute Gasteiger partial charge is 0.153 e. The van der Waals surface area contributed by atoms with Gasteiger partial charge in [0.25, 0.3) is 0 Å². The third-order valence-electron chi connectivity index (χ3n) is 4.12. The summed E-state index contributed by atoms with van der Waals surface area (Å²) in [6.45, 7) is 0. The van der Waals surface area contributed by atoms with Crippen LogP contribution in [0.4, 0.5) is 0 Å². The van der Waals surface area contributed by atoms with Gasteiger partial charge in [0.05, 0.1) is 4.75 Å². The number of rotatable bonds is 3. The van der Waals surface area contributed by atoms with Crippen molar-refractivity contribution in [1.82, 2.24) is 0 Å². The highest BCUT2D eigenvalue weighted by atomic mass is 32.2. The molecular weight excluding hydrogens is 210 g/mol. The van der Waals surface area contributed by atoms with Crippen molar-refractivity contribution in [2.75, 3.05) is 6.26 Å².